The molecule has 0 aliphatic carbocycles. The third kappa shape index (κ3) is 4.02. The van der Waals surface area contributed by atoms with Crippen molar-refractivity contribution in [2.45, 2.75) is 25.8 Å². The molecule has 0 spiro atoms. The third-order valence-corrected chi connectivity index (χ3v) is 5.46. The summed E-state index contributed by atoms with van der Waals surface area (Å²) in [6.07, 6.45) is 1.91. The Balaban J connectivity index is 1.68. The number of methoxy groups -OCH3 is 2. The zero-order valence-corrected chi connectivity index (χ0v) is 16.6. The summed E-state index contributed by atoms with van der Waals surface area (Å²) in [5.41, 5.74) is 2.74. The van der Waals surface area contributed by atoms with Crippen LogP contribution in [-0.2, 0) is 0 Å². The maximum atomic E-state index is 13.0. The fourth-order valence-electron chi connectivity index (χ4n) is 3.72. The molecule has 5 nitrogen and oxygen atoms in total. The Kier molecular flexibility index (Phi) is 5.89. The largest absolute Gasteiger partial charge is 0.496 e. The van der Waals surface area contributed by atoms with E-state index in [-0.39, 0.29) is 5.91 Å². The van der Waals surface area contributed by atoms with E-state index in [4.69, 9.17) is 9.47 Å². The second kappa shape index (κ2) is 8.33. The molecular formula is C22H28N2O3. The molecule has 3 rings (SSSR count). The molecule has 144 valence electrons. The smallest absolute Gasteiger partial charge is 0.254 e. The quantitative estimate of drug-likeness (QED) is 0.806. The van der Waals surface area contributed by atoms with Gasteiger partial charge in [-0.2, -0.15) is 0 Å². The van der Waals surface area contributed by atoms with E-state index in [2.05, 4.69) is 36.2 Å². The van der Waals surface area contributed by atoms with Gasteiger partial charge in [-0.05, 0) is 44.0 Å². The lowest BCUT2D eigenvalue weighted by Gasteiger charge is -2.38. The molecule has 0 radical (unpaired) electrons. The van der Waals surface area contributed by atoms with Crippen molar-refractivity contribution in [1.29, 1.82) is 0 Å². The van der Waals surface area contributed by atoms with Crippen LogP contribution in [0.2, 0.25) is 0 Å². The number of hydrogen-bond acceptors (Lipinski definition) is 4. The van der Waals surface area contributed by atoms with Gasteiger partial charge >= 0.3 is 0 Å². The number of ether oxygens (including phenoxy) is 2. The van der Waals surface area contributed by atoms with Crippen LogP contribution in [0.5, 0.6) is 11.5 Å². The van der Waals surface area contributed by atoms with Gasteiger partial charge in [-0.3, -0.25) is 4.79 Å². The number of carbonyl (C=O) groups excluding carboxylic acids is 1. The Hall–Kier alpha value is -2.69. The lowest BCUT2D eigenvalue weighted by Crippen LogP contribution is -2.45. The average Bonchev–Trinajstić information content (AvgIpc) is 2.73. The lowest BCUT2D eigenvalue weighted by atomic mass is 10.0. The first-order valence-corrected chi connectivity index (χ1v) is 9.35. The number of rotatable bonds is 5. The van der Waals surface area contributed by atoms with Crippen molar-refractivity contribution in [3.05, 3.63) is 53.6 Å². The van der Waals surface area contributed by atoms with E-state index in [0.717, 1.165) is 31.5 Å². The first-order valence-electron chi connectivity index (χ1n) is 9.35. The van der Waals surface area contributed by atoms with Crippen molar-refractivity contribution in [3.8, 4) is 11.5 Å². The SMILES string of the molecule is COc1cc(C(=O)N2CCC(N(C)c3ccccc3)CC2)cc(OC)c1C. The summed E-state index contributed by atoms with van der Waals surface area (Å²) in [5.74, 6) is 1.39. The van der Waals surface area contributed by atoms with E-state index in [1.807, 2.05) is 30.0 Å². The van der Waals surface area contributed by atoms with Gasteiger partial charge in [-0.1, -0.05) is 18.2 Å². The number of amides is 1. The van der Waals surface area contributed by atoms with Crippen LogP contribution < -0.4 is 14.4 Å². The van der Waals surface area contributed by atoms with Crippen LogP contribution in [0.1, 0.15) is 28.8 Å². The monoisotopic (exact) mass is 368 g/mol. The summed E-state index contributed by atoms with van der Waals surface area (Å²) >= 11 is 0. The molecule has 0 aromatic heterocycles. The molecule has 1 saturated heterocycles. The Morgan fingerprint density at radius 2 is 1.59 bits per heavy atom. The number of benzene rings is 2. The predicted molar refractivity (Wildman–Crippen MR) is 108 cm³/mol. The summed E-state index contributed by atoms with van der Waals surface area (Å²) < 4.78 is 10.8. The predicted octanol–water partition coefficient (Wildman–Crippen LogP) is 3.75. The van der Waals surface area contributed by atoms with Gasteiger partial charge in [-0.15, -0.1) is 0 Å². The molecule has 2 aromatic carbocycles. The molecule has 0 bridgehead atoms. The van der Waals surface area contributed by atoms with Crippen LogP contribution in [0.4, 0.5) is 5.69 Å². The van der Waals surface area contributed by atoms with Gasteiger partial charge in [-0.25, -0.2) is 0 Å². The minimum Gasteiger partial charge on any atom is -0.496 e. The standard InChI is InChI=1S/C22H28N2O3/c1-16-20(26-3)14-17(15-21(16)27-4)22(25)24-12-10-19(11-13-24)23(2)18-8-6-5-7-9-18/h5-9,14-15,19H,10-13H2,1-4H3. The summed E-state index contributed by atoms with van der Waals surface area (Å²) in [5, 5.41) is 0. The first kappa shape index (κ1) is 19.1. The number of piperidine rings is 1. The Morgan fingerprint density at radius 1 is 1.04 bits per heavy atom. The van der Waals surface area contributed by atoms with E-state index in [1.165, 1.54) is 5.69 Å². The summed E-state index contributed by atoms with van der Waals surface area (Å²) in [6.45, 7) is 3.43. The van der Waals surface area contributed by atoms with E-state index in [1.54, 1.807) is 14.2 Å². The van der Waals surface area contributed by atoms with Crippen LogP contribution >= 0.6 is 0 Å². The molecule has 0 saturated carbocycles. The van der Waals surface area contributed by atoms with Gasteiger partial charge in [0.2, 0.25) is 0 Å². The molecule has 0 N–H and O–H groups in total. The number of anilines is 1. The van der Waals surface area contributed by atoms with E-state index >= 15 is 0 Å². The number of likely N-dealkylation sites (tertiary alicyclic amines) is 1. The molecule has 1 aliphatic rings. The zero-order chi connectivity index (χ0) is 19.4. The van der Waals surface area contributed by atoms with E-state index in [0.29, 0.717) is 23.1 Å². The van der Waals surface area contributed by atoms with Crippen LogP contribution in [0, 0.1) is 6.92 Å². The third-order valence-electron chi connectivity index (χ3n) is 5.46. The maximum Gasteiger partial charge on any atom is 0.254 e. The average molecular weight is 368 g/mol. The summed E-state index contributed by atoms with van der Waals surface area (Å²) in [6, 6.07) is 14.5. The van der Waals surface area contributed by atoms with Gasteiger partial charge in [0.25, 0.3) is 5.91 Å². The van der Waals surface area contributed by atoms with Gasteiger partial charge in [0, 0.05) is 43.0 Å². The molecule has 27 heavy (non-hydrogen) atoms. The van der Waals surface area contributed by atoms with Crippen LogP contribution in [0.15, 0.2) is 42.5 Å². The summed E-state index contributed by atoms with van der Waals surface area (Å²) in [7, 11) is 5.36. The fraction of sp³-hybridized carbons (Fsp3) is 0.409. The van der Waals surface area contributed by atoms with Crippen molar-refractivity contribution < 1.29 is 14.3 Å². The van der Waals surface area contributed by atoms with E-state index < -0.39 is 0 Å². The zero-order valence-electron chi connectivity index (χ0n) is 16.6. The van der Waals surface area contributed by atoms with Crippen LogP contribution in [-0.4, -0.2) is 51.2 Å². The highest BCUT2D eigenvalue weighted by Crippen LogP contribution is 2.31. The van der Waals surface area contributed by atoms with Crippen molar-refractivity contribution in [2.24, 2.45) is 0 Å². The molecule has 1 heterocycles. The van der Waals surface area contributed by atoms with Crippen molar-refractivity contribution >= 4 is 11.6 Å². The topological polar surface area (TPSA) is 42.0 Å². The fourth-order valence-corrected chi connectivity index (χ4v) is 3.72. The molecule has 2 aromatic rings. The van der Waals surface area contributed by atoms with Crippen molar-refractivity contribution in [2.75, 3.05) is 39.3 Å². The second-order valence-electron chi connectivity index (χ2n) is 6.98. The highest BCUT2D eigenvalue weighted by Gasteiger charge is 2.27. The number of carbonyl (C=O) groups is 1. The van der Waals surface area contributed by atoms with Gasteiger partial charge in [0.05, 0.1) is 14.2 Å². The number of nitrogens with zero attached hydrogens (tertiary/aromatic N) is 2. The van der Waals surface area contributed by atoms with Crippen LogP contribution in [0.3, 0.4) is 0 Å². The minimum atomic E-state index is 0.0346. The Bertz CT molecular complexity index is 758. The highest BCUT2D eigenvalue weighted by molar-refractivity contribution is 5.95. The van der Waals surface area contributed by atoms with Gasteiger partial charge in [0.1, 0.15) is 11.5 Å². The number of para-hydroxylation sites is 1. The van der Waals surface area contributed by atoms with Crippen LogP contribution in [0.25, 0.3) is 0 Å². The first-order chi connectivity index (χ1) is 13.0. The molecule has 1 amide bonds. The van der Waals surface area contributed by atoms with E-state index in [9.17, 15) is 4.79 Å². The molecular weight excluding hydrogens is 340 g/mol. The molecule has 1 fully saturated rings. The van der Waals surface area contributed by atoms with Crippen molar-refractivity contribution in [3.63, 3.8) is 0 Å². The normalized spacial score (nSPS) is 14.7. The minimum absolute atomic E-state index is 0.0346. The van der Waals surface area contributed by atoms with Gasteiger partial charge in [0.15, 0.2) is 0 Å². The summed E-state index contributed by atoms with van der Waals surface area (Å²) in [4.78, 5) is 17.2. The molecule has 5 heteroatoms. The molecule has 0 unspecified atom stereocenters. The Labute approximate surface area is 161 Å². The highest BCUT2D eigenvalue weighted by atomic mass is 16.5. The Morgan fingerprint density at radius 3 is 2.11 bits per heavy atom. The maximum absolute atomic E-state index is 13.0. The van der Waals surface area contributed by atoms with Crippen molar-refractivity contribution in [1.82, 2.24) is 4.90 Å². The molecule has 1 aliphatic heterocycles. The second-order valence-corrected chi connectivity index (χ2v) is 6.98. The van der Waals surface area contributed by atoms with Gasteiger partial charge < -0.3 is 19.3 Å². The lowest BCUT2D eigenvalue weighted by molar-refractivity contribution is 0.0712. The molecule has 0 atom stereocenters. The number of hydrogen-bond donors (Lipinski definition) is 0.